The van der Waals surface area contributed by atoms with Crippen molar-refractivity contribution in [3.63, 3.8) is 0 Å². The van der Waals surface area contributed by atoms with Crippen molar-refractivity contribution in [1.29, 1.82) is 0 Å². The minimum Gasteiger partial charge on any atom is -0.465 e. The van der Waals surface area contributed by atoms with E-state index in [-0.39, 0.29) is 5.97 Å². The van der Waals surface area contributed by atoms with Crippen LogP contribution < -0.4 is 0 Å². The predicted octanol–water partition coefficient (Wildman–Crippen LogP) is 3.57. The molecule has 0 fully saturated rings. The molecule has 0 radical (unpaired) electrons. The van der Waals surface area contributed by atoms with Crippen LogP contribution in [-0.4, -0.2) is 13.1 Å². The summed E-state index contributed by atoms with van der Waals surface area (Å²) < 4.78 is 5.50. The van der Waals surface area contributed by atoms with Gasteiger partial charge in [0.15, 0.2) is 0 Å². The Hall–Kier alpha value is -0.830. The number of methoxy groups -OCH3 is 1. The lowest BCUT2D eigenvalue weighted by Crippen LogP contribution is -2.03. The molecule has 78 valence electrons. The van der Waals surface area contributed by atoms with Gasteiger partial charge in [-0.05, 0) is 24.6 Å². The largest absolute Gasteiger partial charge is 0.465 e. The van der Waals surface area contributed by atoms with Crippen molar-refractivity contribution < 1.29 is 9.53 Å². The Morgan fingerprint density at radius 3 is 2.43 bits per heavy atom. The highest BCUT2D eigenvalue weighted by Gasteiger charge is 2.08. The molecule has 0 amide bonds. The first-order valence-corrected chi connectivity index (χ1v) is 5.29. The van der Waals surface area contributed by atoms with E-state index in [0.29, 0.717) is 5.56 Å². The summed E-state index contributed by atoms with van der Waals surface area (Å²) in [6.07, 6.45) is 0. The van der Waals surface area contributed by atoms with Crippen LogP contribution in [0.2, 0.25) is 0 Å². The van der Waals surface area contributed by atoms with Crippen LogP contribution in [0.3, 0.4) is 0 Å². The molecule has 0 spiro atoms. The minimum absolute atomic E-state index is 0.297. The number of ether oxygens (including phenoxy) is 1. The fourth-order valence-electron chi connectivity index (χ4n) is 0.924. The Morgan fingerprint density at radius 2 is 1.93 bits per heavy atom. The van der Waals surface area contributed by atoms with E-state index in [9.17, 15) is 4.79 Å². The van der Waals surface area contributed by atoms with E-state index < -0.39 is 0 Å². The Balaban J connectivity index is 0.000000791. The second-order valence-corrected chi connectivity index (χ2v) is 3.37. The number of hydrogen-bond donors (Lipinski definition) is 0. The third kappa shape index (κ3) is 3.50. The van der Waals surface area contributed by atoms with Crippen molar-refractivity contribution >= 4 is 21.9 Å². The number of rotatable bonds is 1. The molecular weight excluding hydrogens is 244 g/mol. The van der Waals surface area contributed by atoms with Crippen molar-refractivity contribution in [2.24, 2.45) is 0 Å². The molecule has 1 aromatic rings. The quantitative estimate of drug-likeness (QED) is 0.720. The molecule has 2 nitrogen and oxygen atoms in total. The summed E-state index contributed by atoms with van der Waals surface area (Å²) in [5.74, 6) is -0.297. The van der Waals surface area contributed by atoms with Crippen LogP contribution in [0.4, 0.5) is 0 Å². The van der Waals surface area contributed by atoms with Crippen LogP contribution >= 0.6 is 15.9 Å². The first-order chi connectivity index (χ1) is 6.65. The van der Waals surface area contributed by atoms with Crippen LogP contribution in [-0.2, 0) is 4.74 Å². The molecule has 0 N–H and O–H groups in total. The van der Waals surface area contributed by atoms with Crippen molar-refractivity contribution in [2.75, 3.05) is 7.11 Å². The van der Waals surface area contributed by atoms with Gasteiger partial charge in [-0.1, -0.05) is 35.8 Å². The maximum atomic E-state index is 11.1. The fraction of sp³-hybridized carbons (Fsp3) is 0.364. The van der Waals surface area contributed by atoms with Gasteiger partial charge in [-0.25, -0.2) is 4.79 Å². The van der Waals surface area contributed by atoms with E-state index in [1.165, 1.54) is 7.11 Å². The molecule has 0 saturated heterocycles. The van der Waals surface area contributed by atoms with Crippen molar-refractivity contribution in [3.8, 4) is 0 Å². The Bertz CT molecular complexity index is 308. The van der Waals surface area contributed by atoms with Gasteiger partial charge in [0.05, 0.1) is 12.7 Å². The maximum Gasteiger partial charge on any atom is 0.338 e. The topological polar surface area (TPSA) is 26.3 Å². The van der Waals surface area contributed by atoms with Gasteiger partial charge in [0.25, 0.3) is 0 Å². The number of aryl methyl sites for hydroxylation is 1. The van der Waals surface area contributed by atoms with Crippen molar-refractivity contribution in [3.05, 3.63) is 33.8 Å². The molecular formula is C11H15BrO2. The summed E-state index contributed by atoms with van der Waals surface area (Å²) in [5, 5.41) is 0. The number of carbonyl (C=O) groups excluding carboxylic acids is 1. The van der Waals surface area contributed by atoms with E-state index in [2.05, 4.69) is 20.7 Å². The molecule has 1 aromatic carbocycles. The lowest BCUT2D eigenvalue weighted by Gasteiger charge is -2.03. The Kier molecular flexibility index (Phi) is 6.21. The molecule has 0 bridgehead atoms. The summed E-state index contributed by atoms with van der Waals surface area (Å²) in [6.45, 7) is 5.87. The van der Waals surface area contributed by atoms with Crippen LogP contribution in [0.1, 0.15) is 29.8 Å². The number of esters is 1. The lowest BCUT2D eigenvalue weighted by atomic mass is 10.1. The van der Waals surface area contributed by atoms with Gasteiger partial charge in [-0.2, -0.15) is 0 Å². The molecule has 0 aliphatic heterocycles. The van der Waals surface area contributed by atoms with Crippen molar-refractivity contribution in [1.82, 2.24) is 0 Å². The number of hydrogen-bond acceptors (Lipinski definition) is 2. The van der Waals surface area contributed by atoms with Crippen LogP contribution in [0.15, 0.2) is 22.7 Å². The number of benzene rings is 1. The first-order valence-electron chi connectivity index (χ1n) is 4.49. The fourth-order valence-corrected chi connectivity index (χ4v) is 1.29. The molecule has 0 heterocycles. The van der Waals surface area contributed by atoms with E-state index in [0.717, 1.165) is 10.0 Å². The zero-order valence-corrected chi connectivity index (χ0v) is 10.5. The average Bonchev–Trinajstić information content (AvgIpc) is 2.23. The average molecular weight is 259 g/mol. The molecule has 0 aliphatic rings. The van der Waals surface area contributed by atoms with Gasteiger partial charge >= 0.3 is 5.97 Å². The van der Waals surface area contributed by atoms with Gasteiger partial charge in [-0.15, -0.1) is 0 Å². The van der Waals surface area contributed by atoms with Gasteiger partial charge in [-0.3, -0.25) is 0 Å². The van der Waals surface area contributed by atoms with E-state index in [1.807, 2.05) is 32.9 Å². The third-order valence-electron chi connectivity index (χ3n) is 1.60. The molecule has 14 heavy (non-hydrogen) atoms. The second-order valence-electron chi connectivity index (χ2n) is 2.45. The van der Waals surface area contributed by atoms with E-state index >= 15 is 0 Å². The highest BCUT2D eigenvalue weighted by atomic mass is 79.9. The molecule has 0 unspecified atom stereocenters. The van der Waals surface area contributed by atoms with E-state index in [1.54, 1.807) is 6.07 Å². The SMILES string of the molecule is CC.COC(=O)c1cc(Br)ccc1C. The normalized spacial score (nSPS) is 8.64. The molecule has 3 heteroatoms. The van der Waals surface area contributed by atoms with Gasteiger partial charge in [0.2, 0.25) is 0 Å². The van der Waals surface area contributed by atoms with Crippen LogP contribution in [0.5, 0.6) is 0 Å². The predicted molar refractivity (Wildman–Crippen MR) is 61.6 cm³/mol. The Morgan fingerprint density at radius 1 is 1.36 bits per heavy atom. The third-order valence-corrected chi connectivity index (χ3v) is 2.10. The summed E-state index contributed by atoms with van der Waals surface area (Å²) >= 11 is 3.29. The monoisotopic (exact) mass is 258 g/mol. The van der Waals surface area contributed by atoms with Gasteiger partial charge in [0, 0.05) is 4.47 Å². The highest BCUT2D eigenvalue weighted by molar-refractivity contribution is 9.10. The highest BCUT2D eigenvalue weighted by Crippen LogP contribution is 2.16. The van der Waals surface area contributed by atoms with Crippen molar-refractivity contribution in [2.45, 2.75) is 20.8 Å². The molecule has 0 aromatic heterocycles. The second kappa shape index (κ2) is 6.60. The molecule has 0 atom stereocenters. The first kappa shape index (κ1) is 13.2. The summed E-state index contributed by atoms with van der Waals surface area (Å²) in [6, 6.07) is 5.51. The molecule has 0 aliphatic carbocycles. The lowest BCUT2D eigenvalue weighted by molar-refractivity contribution is 0.0600. The Labute approximate surface area is 93.4 Å². The van der Waals surface area contributed by atoms with Gasteiger partial charge in [0.1, 0.15) is 0 Å². The standard InChI is InChI=1S/C9H9BrO2.C2H6/c1-6-3-4-7(10)5-8(6)9(11)12-2;1-2/h3-5H,1-2H3;1-2H3. The minimum atomic E-state index is -0.297. The smallest absolute Gasteiger partial charge is 0.338 e. The zero-order valence-electron chi connectivity index (χ0n) is 8.93. The number of carbonyl (C=O) groups is 1. The van der Waals surface area contributed by atoms with E-state index in [4.69, 9.17) is 0 Å². The molecule has 0 saturated carbocycles. The zero-order chi connectivity index (χ0) is 11.1. The maximum absolute atomic E-state index is 11.1. The summed E-state index contributed by atoms with van der Waals surface area (Å²) in [7, 11) is 1.38. The summed E-state index contributed by atoms with van der Waals surface area (Å²) in [5.41, 5.74) is 1.52. The van der Waals surface area contributed by atoms with Gasteiger partial charge < -0.3 is 4.74 Å². The number of halogens is 1. The van der Waals surface area contributed by atoms with Crippen LogP contribution in [0.25, 0.3) is 0 Å². The molecule has 1 rings (SSSR count). The van der Waals surface area contributed by atoms with Crippen LogP contribution in [0, 0.1) is 6.92 Å². The summed E-state index contributed by atoms with van der Waals surface area (Å²) in [4.78, 5) is 11.1.